The van der Waals surface area contributed by atoms with Crippen molar-refractivity contribution in [2.45, 2.75) is 26.0 Å². The minimum Gasteiger partial charge on any atom is -0.373 e. The molecule has 1 aromatic heterocycles. The van der Waals surface area contributed by atoms with Crippen LogP contribution in [0.4, 0.5) is 5.82 Å². The SMILES string of the molecule is Cc1nn(C)c(N2CCOC(C(C)N)C2)c1C#N. The van der Waals surface area contributed by atoms with Gasteiger partial charge in [0.25, 0.3) is 0 Å². The first-order valence-corrected chi connectivity index (χ1v) is 6.10. The maximum absolute atomic E-state index is 9.23. The third-order valence-corrected chi connectivity index (χ3v) is 3.28. The van der Waals surface area contributed by atoms with Crippen LogP contribution >= 0.6 is 0 Å². The Balaban J connectivity index is 2.29. The molecule has 0 aliphatic carbocycles. The normalized spacial score (nSPS) is 21.7. The molecule has 2 atom stereocenters. The van der Waals surface area contributed by atoms with E-state index in [1.165, 1.54) is 0 Å². The molecule has 1 aliphatic heterocycles. The molecule has 2 rings (SSSR count). The third-order valence-electron chi connectivity index (χ3n) is 3.28. The van der Waals surface area contributed by atoms with Crippen molar-refractivity contribution in [3.63, 3.8) is 0 Å². The molecule has 0 aromatic carbocycles. The number of aryl methyl sites for hydroxylation is 2. The summed E-state index contributed by atoms with van der Waals surface area (Å²) in [5.74, 6) is 0.865. The molecule has 18 heavy (non-hydrogen) atoms. The van der Waals surface area contributed by atoms with Gasteiger partial charge in [-0.3, -0.25) is 4.68 Å². The first-order valence-electron chi connectivity index (χ1n) is 6.10. The topological polar surface area (TPSA) is 80.1 Å². The summed E-state index contributed by atoms with van der Waals surface area (Å²) in [6.45, 7) is 5.88. The van der Waals surface area contributed by atoms with Crippen LogP contribution in [0.2, 0.25) is 0 Å². The fraction of sp³-hybridized carbons (Fsp3) is 0.667. The van der Waals surface area contributed by atoms with Gasteiger partial charge in [-0.1, -0.05) is 0 Å². The summed E-state index contributed by atoms with van der Waals surface area (Å²) in [5, 5.41) is 13.5. The lowest BCUT2D eigenvalue weighted by molar-refractivity contribution is 0.0271. The van der Waals surface area contributed by atoms with Gasteiger partial charge in [-0.05, 0) is 13.8 Å². The van der Waals surface area contributed by atoms with E-state index in [-0.39, 0.29) is 12.1 Å². The van der Waals surface area contributed by atoms with Crippen LogP contribution in [-0.4, -0.2) is 41.6 Å². The Morgan fingerprint density at radius 2 is 2.33 bits per heavy atom. The zero-order valence-electron chi connectivity index (χ0n) is 11.1. The number of ether oxygens (including phenoxy) is 1. The van der Waals surface area contributed by atoms with Gasteiger partial charge >= 0.3 is 0 Å². The molecular formula is C12H19N5O. The van der Waals surface area contributed by atoms with Gasteiger partial charge in [0.15, 0.2) is 0 Å². The van der Waals surface area contributed by atoms with E-state index in [2.05, 4.69) is 16.1 Å². The number of morpholine rings is 1. The highest BCUT2D eigenvalue weighted by atomic mass is 16.5. The number of hydrogen-bond donors (Lipinski definition) is 1. The van der Waals surface area contributed by atoms with E-state index in [9.17, 15) is 5.26 Å². The minimum absolute atomic E-state index is 0.000462. The highest BCUT2D eigenvalue weighted by molar-refractivity contribution is 5.57. The second kappa shape index (κ2) is 4.96. The van der Waals surface area contributed by atoms with Gasteiger partial charge in [0.2, 0.25) is 0 Å². The molecule has 0 amide bonds. The van der Waals surface area contributed by atoms with Gasteiger partial charge in [-0.25, -0.2) is 0 Å². The van der Waals surface area contributed by atoms with Crippen molar-refractivity contribution in [1.29, 1.82) is 5.26 Å². The van der Waals surface area contributed by atoms with Gasteiger partial charge in [0.05, 0.1) is 18.4 Å². The Kier molecular flexibility index (Phi) is 3.55. The van der Waals surface area contributed by atoms with Crippen molar-refractivity contribution in [3.05, 3.63) is 11.3 Å². The Morgan fingerprint density at radius 1 is 1.61 bits per heavy atom. The first-order chi connectivity index (χ1) is 8.54. The van der Waals surface area contributed by atoms with Crippen molar-refractivity contribution < 1.29 is 4.74 Å². The van der Waals surface area contributed by atoms with E-state index in [0.717, 1.165) is 18.1 Å². The van der Waals surface area contributed by atoms with Crippen molar-refractivity contribution >= 4 is 5.82 Å². The van der Waals surface area contributed by atoms with E-state index >= 15 is 0 Å². The van der Waals surface area contributed by atoms with E-state index in [4.69, 9.17) is 10.5 Å². The molecule has 98 valence electrons. The number of nitrogens with two attached hydrogens (primary N) is 1. The lowest BCUT2D eigenvalue weighted by Gasteiger charge is -2.36. The highest BCUT2D eigenvalue weighted by Crippen LogP contribution is 2.24. The Bertz CT molecular complexity index is 474. The second-order valence-electron chi connectivity index (χ2n) is 4.73. The molecule has 1 saturated heterocycles. The summed E-state index contributed by atoms with van der Waals surface area (Å²) < 4.78 is 7.39. The van der Waals surface area contributed by atoms with Crippen LogP contribution in [0.3, 0.4) is 0 Å². The van der Waals surface area contributed by atoms with Gasteiger partial charge in [-0.2, -0.15) is 10.4 Å². The average Bonchev–Trinajstić information content (AvgIpc) is 2.63. The molecule has 0 radical (unpaired) electrons. The van der Waals surface area contributed by atoms with Crippen molar-refractivity contribution in [1.82, 2.24) is 9.78 Å². The van der Waals surface area contributed by atoms with E-state index in [1.807, 2.05) is 20.9 Å². The number of rotatable bonds is 2. The molecule has 0 spiro atoms. The van der Waals surface area contributed by atoms with Crippen LogP contribution in [0.5, 0.6) is 0 Å². The lowest BCUT2D eigenvalue weighted by Crippen LogP contribution is -2.50. The monoisotopic (exact) mass is 249 g/mol. The fourth-order valence-electron chi connectivity index (χ4n) is 2.33. The number of anilines is 1. The molecule has 1 fully saturated rings. The molecule has 2 heterocycles. The predicted octanol–water partition coefficient (Wildman–Crippen LogP) is 0.153. The maximum Gasteiger partial charge on any atom is 0.145 e. The van der Waals surface area contributed by atoms with Gasteiger partial charge in [0.1, 0.15) is 17.5 Å². The van der Waals surface area contributed by atoms with E-state index < -0.39 is 0 Å². The second-order valence-corrected chi connectivity index (χ2v) is 4.73. The molecule has 6 heteroatoms. The minimum atomic E-state index is -0.0207. The molecule has 1 aromatic rings. The molecular weight excluding hydrogens is 230 g/mol. The van der Waals surface area contributed by atoms with Crippen LogP contribution in [0, 0.1) is 18.3 Å². The molecule has 0 saturated carbocycles. The Morgan fingerprint density at radius 3 is 2.94 bits per heavy atom. The molecule has 6 nitrogen and oxygen atoms in total. The van der Waals surface area contributed by atoms with E-state index in [0.29, 0.717) is 18.7 Å². The fourth-order valence-corrected chi connectivity index (χ4v) is 2.33. The summed E-state index contributed by atoms with van der Waals surface area (Å²) in [7, 11) is 1.86. The van der Waals surface area contributed by atoms with Gasteiger partial charge in [0, 0.05) is 26.2 Å². The van der Waals surface area contributed by atoms with Crippen LogP contribution in [0.1, 0.15) is 18.2 Å². The zero-order valence-corrected chi connectivity index (χ0v) is 11.1. The van der Waals surface area contributed by atoms with Crippen molar-refractivity contribution in [2.75, 3.05) is 24.6 Å². The number of hydrogen-bond acceptors (Lipinski definition) is 5. The van der Waals surface area contributed by atoms with Gasteiger partial charge < -0.3 is 15.4 Å². The lowest BCUT2D eigenvalue weighted by atomic mass is 10.1. The smallest absolute Gasteiger partial charge is 0.145 e. The zero-order chi connectivity index (χ0) is 13.3. The van der Waals surface area contributed by atoms with Crippen LogP contribution < -0.4 is 10.6 Å². The predicted molar refractivity (Wildman–Crippen MR) is 68.3 cm³/mol. The van der Waals surface area contributed by atoms with Crippen LogP contribution in [-0.2, 0) is 11.8 Å². The number of nitrogens with zero attached hydrogens (tertiary/aromatic N) is 4. The summed E-state index contributed by atoms with van der Waals surface area (Å²) >= 11 is 0. The van der Waals surface area contributed by atoms with Crippen LogP contribution in [0.25, 0.3) is 0 Å². The molecule has 2 unspecified atom stereocenters. The van der Waals surface area contributed by atoms with Gasteiger partial charge in [-0.15, -0.1) is 0 Å². The highest BCUT2D eigenvalue weighted by Gasteiger charge is 2.27. The van der Waals surface area contributed by atoms with E-state index in [1.54, 1.807) is 4.68 Å². The largest absolute Gasteiger partial charge is 0.373 e. The first kappa shape index (κ1) is 12.9. The molecule has 0 bridgehead atoms. The summed E-state index contributed by atoms with van der Waals surface area (Å²) in [5.41, 5.74) is 7.29. The molecule has 1 aliphatic rings. The Labute approximate surface area is 107 Å². The quantitative estimate of drug-likeness (QED) is 0.807. The van der Waals surface area contributed by atoms with Crippen molar-refractivity contribution in [2.24, 2.45) is 12.8 Å². The summed E-state index contributed by atoms with van der Waals surface area (Å²) in [6.07, 6.45) is 0.000462. The third kappa shape index (κ3) is 2.19. The summed E-state index contributed by atoms with van der Waals surface area (Å²) in [4.78, 5) is 2.13. The number of aromatic nitrogens is 2. The number of nitriles is 1. The standard InChI is InChI=1S/C12H19N5O/c1-8(14)11-7-17(4-5-18-11)12-10(6-13)9(2)15-16(12)3/h8,11H,4-5,7,14H2,1-3H3. The Hall–Kier alpha value is -1.58. The summed E-state index contributed by atoms with van der Waals surface area (Å²) in [6, 6.07) is 2.21. The van der Waals surface area contributed by atoms with Crippen LogP contribution in [0.15, 0.2) is 0 Å². The average molecular weight is 249 g/mol. The van der Waals surface area contributed by atoms with Crippen molar-refractivity contribution in [3.8, 4) is 6.07 Å². The maximum atomic E-state index is 9.23. The molecule has 2 N–H and O–H groups in total.